The van der Waals surface area contributed by atoms with Crippen LogP contribution in [0.5, 0.6) is 5.75 Å². The molecule has 9 heteroatoms. The lowest BCUT2D eigenvalue weighted by Gasteiger charge is -2.32. The van der Waals surface area contributed by atoms with Crippen molar-refractivity contribution >= 4 is 33.6 Å². The molecule has 170 valence electrons. The topological polar surface area (TPSA) is 115 Å². The van der Waals surface area contributed by atoms with Gasteiger partial charge in [0.1, 0.15) is 36.0 Å². The van der Waals surface area contributed by atoms with Gasteiger partial charge < -0.3 is 20.5 Å². The van der Waals surface area contributed by atoms with Crippen LogP contribution in [0.1, 0.15) is 17.5 Å². The number of hydrogen-bond acceptors (Lipinski definition) is 8. The first kappa shape index (κ1) is 20.4. The number of benzene rings is 1. The van der Waals surface area contributed by atoms with E-state index in [0.29, 0.717) is 29.0 Å². The fourth-order valence-corrected chi connectivity index (χ4v) is 4.23. The molecule has 0 radical (unpaired) electrons. The molecule has 9 nitrogen and oxygen atoms in total. The third-order valence-corrected chi connectivity index (χ3v) is 6.15. The van der Waals surface area contributed by atoms with Crippen molar-refractivity contribution in [2.45, 2.75) is 19.6 Å². The summed E-state index contributed by atoms with van der Waals surface area (Å²) in [5.41, 5.74) is 9.92. The van der Waals surface area contributed by atoms with Crippen LogP contribution >= 0.6 is 0 Å². The lowest BCUT2D eigenvalue weighted by molar-refractivity contribution is 0.283. The van der Waals surface area contributed by atoms with Gasteiger partial charge in [-0.1, -0.05) is 0 Å². The van der Waals surface area contributed by atoms with Gasteiger partial charge in [-0.05, 0) is 36.8 Å². The maximum atomic E-state index is 9.76. The van der Waals surface area contributed by atoms with E-state index in [1.54, 1.807) is 12.4 Å². The summed E-state index contributed by atoms with van der Waals surface area (Å²) in [6, 6.07) is 12.1. The monoisotopic (exact) mass is 453 g/mol. The van der Waals surface area contributed by atoms with Gasteiger partial charge in [-0.3, -0.25) is 9.55 Å². The molecule has 4 aromatic heterocycles. The Labute approximate surface area is 195 Å². The summed E-state index contributed by atoms with van der Waals surface area (Å²) in [4.78, 5) is 19.9. The average Bonchev–Trinajstić information content (AvgIpc) is 3.22. The van der Waals surface area contributed by atoms with Gasteiger partial charge in [0.05, 0.1) is 29.4 Å². The fourth-order valence-electron chi connectivity index (χ4n) is 4.23. The van der Waals surface area contributed by atoms with Gasteiger partial charge >= 0.3 is 0 Å². The van der Waals surface area contributed by atoms with E-state index < -0.39 is 0 Å². The van der Waals surface area contributed by atoms with Crippen molar-refractivity contribution in [1.29, 1.82) is 0 Å². The molecule has 1 saturated heterocycles. The fraction of sp³-hybridized carbons (Fsp3) is 0.200. The molecular weight excluding hydrogens is 430 g/mol. The zero-order chi connectivity index (χ0) is 23.1. The van der Waals surface area contributed by atoms with Crippen LogP contribution in [0.2, 0.25) is 0 Å². The second-order valence-electron chi connectivity index (χ2n) is 8.34. The molecule has 0 saturated carbocycles. The van der Waals surface area contributed by atoms with E-state index in [0.717, 1.165) is 46.8 Å². The molecule has 5 aromatic rings. The van der Waals surface area contributed by atoms with Crippen LogP contribution in [-0.2, 0) is 13.2 Å². The number of aromatic nitrogens is 5. The zero-order valence-corrected chi connectivity index (χ0v) is 18.4. The molecule has 0 unspecified atom stereocenters. The van der Waals surface area contributed by atoms with E-state index in [1.165, 1.54) is 12.7 Å². The minimum atomic E-state index is -0.160. The Morgan fingerprint density at radius 3 is 2.76 bits per heavy atom. The van der Waals surface area contributed by atoms with Crippen molar-refractivity contribution < 1.29 is 9.84 Å². The van der Waals surface area contributed by atoms with Gasteiger partial charge in [-0.2, -0.15) is 0 Å². The van der Waals surface area contributed by atoms with Crippen molar-refractivity contribution in [3.05, 3.63) is 72.4 Å². The Balaban J connectivity index is 1.26. The number of hydrogen-bond donors (Lipinski definition) is 2. The average molecular weight is 454 g/mol. The maximum absolute atomic E-state index is 9.76. The van der Waals surface area contributed by atoms with Crippen LogP contribution in [0.15, 0.2) is 61.3 Å². The van der Waals surface area contributed by atoms with Gasteiger partial charge in [0.15, 0.2) is 0 Å². The minimum absolute atomic E-state index is 0.160. The van der Waals surface area contributed by atoms with E-state index in [-0.39, 0.29) is 6.61 Å². The summed E-state index contributed by atoms with van der Waals surface area (Å²) in [6.45, 7) is 2.31. The lowest BCUT2D eigenvalue weighted by Crippen LogP contribution is -2.37. The summed E-state index contributed by atoms with van der Waals surface area (Å²) in [6.07, 6.45) is 7.95. The van der Waals surface area contributed by atoms with Crippen LogP contribution in [0, 0.1) is 0 Å². The number of nitrogens with two attached hydrogens (primary N) is 1. The first-order valence-corrected chi connectivity index (χ1v) is 11.1. The van der Waals surface area contributed by atoms with Crippen molar-refractivity contribution in [2.24, 2.45) is 0 Å². The molecule has 0 spiro atoms. The molecule has 5 heterocycles. The number of nitrogens with zero attached hydrogens (tertiary/aromatic N) is 6. The Hall–Kier alpha value is -4.24. The molecule has 34 heavy (non-hydrogen) atoms. The zero-order valence-electron chi connectivity index (χ0n) is 18.4. The summed E-state index contributed by atoms with van der Waals surface area (Å²) < 4.78 is 7.93. The molecule has 6 rings (SSSR count). The maximum Gasteiger partial charge on any atom is 0.150 e. The van der Waals surface area contributed by atoms with E-state index >= 15 is 0 Å². The predicted octanol–water partition coefficient (Wildman–Crippen LogP) is 3.23. The van der Waals surface area contributed by atoms with Crippen LogP contribution in [0.4, 0.5) is 11.6 Å². The number of anilines is 2. The van der Waals surface area contributed by atoms with Crippen LogP contribution in [-0.4, -0.2) is 42.7 Å². The Bertz CT molecular complexity index is 1510. The third-order valence-electron chi connectivity index (χ3n) is 6.15. The molecule has 0 bridgehead atoms. The summed E-state index contributed by atoms with van der Waals surface area (Å²) >= 11 is 0. The van der Waals surface area contributed by atoms with Crippen molar-refractivity contribution in [3.8, 4) is 11.4 Å². The number of aliphatic hydroxyl groups excluding tert-OH is 1. The largest absolute Gasteiger partial charge is 0.489 e. The molecule has 1 aliphatic rings. The number of fused-ring (bicyclic) bond motifs is 2. The van der Waals surface area contributed by atoms with Crippen LogP contribution in [0.3, 0.4) is 0 Å². The summed E-state index contributed by atoms with van der Waals surface area (Å²) in [5, 5.41) is 11.5. The Morgan fingerprint density at radius 2 is 1.94 bits per heavy atom. The van der Waals surface area contributed by atoms with Gasteiger partial charge in [-0.15, -0.1) is 0 Å². The number of rotatable bonds is 6. The smallest absolute Gasteiger partial charge is 0.150 e. The van der Waals surface area contributed by atoms with Crippen LogP contribution < -0.4 is 15.4 Å². The van der Waals surface area contributed by atoms with Crippen LogP contribution in [0.25, 0.3) is 27.6 Å². The van der Waals surface area contributed by atoms with E-state index in [1.807, 2.05) is 35.0 Å². The standard InChI is InChI=1S/C25H23N7O2/c26-24-23-18(13-33)12-32(25(23)29-15-28-24)19-8-16(10-27-11-19)14-34-20-4-2-17-3-5-22(30-21(17)9-20)31-6-1-7-31/h2-5,8-12,15,33H,1,6-7,13-14H2,(H2,26,28,29). The summed E-state index contributed by atoms with van der Waals surface area (Å²) in [7, 11) is 0. The molecule has 1 fully saturated rings. The third kappa shape index (κ3) is 3.56. The van der Waals surface area contributed by atoms with E-state index in [2.05, 4.69) is 32.0 Å². The molecule has 0 amide bonds. The molecule has 1 aliphatic heterocycles. The molecule has 0 atom stereocenters. The Morgan fingerprint density at radius 1 is 1.06 bits per heavy atom. The predicted molar refractivity (Wildman–Crippen MR) is 130 cm³/mol. The lowest BCUT2D eigenvalue weighted by atomic mass is 10.2. The molecule has 1 aromatic carbocycles. The van der Waals surface area contributed by atoms with E-state index in [9.17, 15) is 5.11 Å². The van der Waals surface area contributed by atoms with Gasteiger partial charge in [0, 0.05) is 48.1 Å². The highest BCUT2D eigenvalue weighted by molar-refractivity contribution is 5.90. The van der Waals surface area contributed by atoms with Crippen molar-refractivity contribution in [1.82, 2.24) is 24.5 Å². The second-order valence-corrected chi connectivity index (χ2v) is 8.34. The SMILES string of the molecule is Nc1ncnc2c1c(CO)cn2-c1cncc(COc2ccc3ccc(N4CCC4)nc3c2)c1. The first-order valence-electron chi connectivity index (χ1n) is 11.1. The molecular formula is C25H23N7O2. The quantitative estimate of drug-likeness (QED) is 0.403. The number of ether oxygens (including phenoxy) is 1. The normalized spacial score (nSPS) is 13.4. The van der Waals surface area contributed by atoms with Crippen molar-refractivity contribution in [2.75, 3.05) is 23.7 Å². The Kier molecular flexibility index (Phi) is 4.96. The highest BCUT2D eigenvalue weighted by Gasteiger charge is 2.16. The van der Waals surface area contributed by atoms with Gasteiger partial charge in [-0.25, -0.2) is 15.0 Å². The minimum Gasteiger partial charge on any atom is -0.489 e. The van der Waals surface area contributed by atoms with E-state index in [4.69, 9.17) is 15.5 Å². The highest BCUT2D eigenvalue weighted by atomic mass is 16.5. The van der Waals surface area contributed by atoms with Gasteiger partial charge in [0.25, 0.3) is 0 Å². The van der Waals surface area contributed by atoms with Crippen molar-refractivity contribution in [3.63, 3.8) is 0 Å². The second kappa shape index (κ2) is 8.27. The molecule has 0 aliphatic carbocycles. The molecule has 3 N–H and O–H groups in total. The highest BCUT2D eigenvalue weighted by Crippen LogP contribution is 2.28. The number of aliphatic hydroxyl groups is 1. The van der Waals surface area contributed by atoms with Gasteiger partial charge in [0.2, 0.25) is 0 Å². The number of pyridine rings is 2. The summed E-state index contributed by atoms with van der Waals surface area (Å²) in [5.74, 6) is 2.10. The number of nitrogen functional groups attached to an aromatic ring is 1. The first-order chi connectivity index (χ1) is 16.7.